The molecule has 2 amide bonds. The molecule has 3 fully saturated rings. The third-order valence-electron chi connectivity index (χ3n) is 6.54. The van der Waals surface area contributed by atoms with Crippen LogP contribution in [0.15, 0.2) is 12.1 Å². The molecule has 8 nitrogen and oxygen atoms in total. The topological polar surface area (TPSA) is 116 Å². The first-order valence-corrected chi connectivity index (χ1v) is 12.3. The van der Waals surface area contributed by atoms with Gasteiger partial charge in [0.05, 0.1) is 29.0 Å². The van der Waals surface area contributed by atoms with Gasteiger partial charge in [0, 0.05) is 23.9 Å². The van der Waals surface area contributed by atoms with Gasteiger partial charge in [0.25, 0.3) is 5.91 Å². The van der Waals surface area contributed by atoms with Crippen LogP contribution in [0.1, 0.15) is 76.2 Å². The highest BCUT2D eigenvalue weighted by Gasteiger charge is 2.72. The summed E-state index contributed by atoms with van der Waals surface area (Å²) in [6.45, 7) is 11.9. The quantitative estimate of drug-likeness (QED) is 0.579. The maximum Gasteiger partial charge on any atom is 0.407 e. The van der Waals surface area contributed by atoms with Gasteiger partial charge in [-0.25, -0.2) is 9.78 Å². The van der Waals surface area contributed by atoms with E-state index in [0.717, 1.165) is 28.8 Å². The summed E-state index contributed by atoms with van der Waals surface area (Å²) in [7, 11) is 0. The number of aryl methyl sites for hydroxylation is 1. The maximum absolute atomic E-state index is 13.3. The van der Waals surface area contributed by atoms with Gasteiger partial charge in [-0.2, -0.15) is 0 Å². The van der Waals surface area contributed by atoms with Crippen molar-refractivity contribution >= 4 is 39.2 Å². The minimum absolute atomic E-state index is 0.209. The molecule has 2 bridgehead atoms. The van der Waals surface area contributed by atoms with E-state index < -0.39 is 28.4 Å². The molecule has 0 aromatic carbocycles. The highest BCUT2D eigenvalue weighted by atomic mass is 32.1. The normalized spacial score (nSPS) is 25.5. The van der Waals surface area contributed by atoms with Crippen LogP contribution in [0.25, 0.3) is 10.2 Å². The first-order valence-electron chi connectivity index (χ1n) is 11.5. The van der Waals surface area contributed by atoms with E-state index in [9.17, 15) is 9.59 Å². The van der Waals surface area contributed by atoms with Crippen LogP contribution in [0.3, 0.4) is 0 Å². The van der Waals surface area contributed by atoms with E-state index in [2.05, 4.69) is 22.5 Å². The molecule has 3 aliphatic rings. The van der Waals surface area contributed by atoms with Crippen LogP contribution in [-0.4, -0.2) is 45.9 Å². The molecule has 5 rings (SSSR count). The number of amides is 2. The first kappa shape index (κ1) is 23.8. The molecule has 2 aromatic heterocycles. The number of carbonyl (C=O) groups is 2. The molecule has 0 spiro atoms. The average molecular weight is 475 g/mol. The second kappa shape index (κ2) is 7.84. The largest absolute Gasteiger partial charge is 0.444 e. The van der Waals surface area contributed by atoms with E-state index in [0.29, 0.717) is 30.0 Å². The highest BCUT2D eigenvalue weighted by Crippen LogP contribution is 2.60. The van der Waals surface area contributed by atoms with Crippen molar-refractivity contribution in [3.63, 3.8) is 0 Å². The van der Waals surface area contributed by atoms with Crippen LogP contribution < -0.4 is 16.4 Å². The summed E-state index contributed by atoms with van der Waals surface area (Å²) >= 11 is 1.33. The van der Waals surface area contributed by atoms with Gasteiger partial charge in [-0.3, -0.25) is 4.79 Å². The summed E-state index contributed by atoms with van der Waals surface area (Å²) in [5, 5.41) is 6.85. The van der Waals surface area contributed by atoms with Gasteiger partial charge in [-0.05, 0) is 53.2 Å². The van der Waals surface area contributed by atoms with Crippen LogP contribution in [0.2, 0.25) is 0 Å². The molecule has 0 atom stereocenters. The zero-order valence-corrected chi connectivity index (χ0v) is 21.1. The number of nitrogen functional groups attached to an aromatic ring is 1. The van der Waals surface area contributed by atoms with Crippen LogP contribution in [0, 0.1) is 0 Å². The van der Waals surface area contributed by atoms with Gasteiger partial charge < -0.3 is 25.8 Å². The van der Waals surface area contributed by atoms with Gasteiger partial charge >= 0.3 is 6.09 Å². The highest BCUT2D eigenvalue weighted by molar-refractivity contribution is 7.21. The minimum atomic E-state index is -0.587. The first-order chi connectivity index (χ1) is 15.3. The molecule has 4 heterocycles. The Morgan fingerprint density at radius 1 is 1.27 bits per heavy atom. The number of anilines is 1. The van der Waals surface area contributed by atoms with Gasteiger partial charge in [0.15, 0.2) is 0 Å². The monoisotopic (exact) mass is 474 g/mol. The smallest absolute Gasteiger partial charge is 0.407 e. The summed E-state index contributed by atoms with van der Waals surface area (Å²) in [6.07, 6.45) is 2.65. The van der Waals surface area contributed by atoms with Crippen molar-refractivity contribution in [3.05, 3.63) is 22.7 Å². The van der Waals surface area contributed by atoms with Crippen molar-refractivity contribution in [1.29, 1.82) is 0 Å². The number of rotatable bonds is 6. The van der Waals surface area contributed by atoms with Crippen LogP contribution >= 0.6 is 11.3 Å². The maximum atomic E-state index is 13.3. The Kier molecular flexibility index (Phi) is 5.64. The Hall–Kier alpha value is -2.39. The molecule has 9 heteroatoms. The van der Waals surface area contributed by atoms with E-state index in [1.807, 2.05) is 46.8 Å². The Balaban J connectivity index is 1.47. The lowest BCUT2D eigenvalue weighted by Crippen LogP contribution is -2.66. The second-order valence-corrected chi connectivity index (χ2v) is 11.8. The van der Waals surface area contributed by atoms with E-state index in [1.165, 1.54) is 11.3 Å². The lowest BCUT2D eigenvalue weighted by Gasteiger charge is -2.47. The molecule has 0 unspecified atom stereocenters. The molecule has 180 valence electrons. The number of hydrogen-bond acceptors (Lipinski definition) is 7. The summed E-state index contributed by atoms with van der Waals surface area (Å²) in [5.41, 5.74) is 5.61. The molecule has 4 N–H and O–H groups in total. The number of nitrogens with zero attached hydrogens (tertiary/aromatic N) is 1. The fourth-order valence-electron chi connectivity index (χ4n) is 5.01. The van der Waals surface area contributed by atoms with Crippen molar-refractivity contribution in [1.82, 2.24) is 15.6 Å². The number of aromatic nitrogens is 1. The van der Waals surface area contributed by atoms with Crippen molar-refractivity contribution in [2.75, 3.05) is 12.3 Å². The van der Waals surface area contributed by atoms with Gasteiger partial charge in [0.1, 0.15) is 15.3 Å². The molecule has 1 saturated carbocycles. The molecular formula is C24H34N4O4S. The van der Waals surface area contributed by atoms with E-state index in [1.54, 1.807) is 0 Å². The number of fused-ring (bicyclic) bond motifs is 2. The molecule has 2 saturated heterocycles. The number of carbonyl (C=O) groups excluding carboxylic acids is 2. The average Bonchev–Trinajstić information content (AvgIpc) is 3.18. The molecule has 33 heavy (non-hydrogen) atoms. The predicted molar refractivity (Wildman–Crippen MR) is 130 cm³/mol. The Bertz CT molecular complexity index is 1100. The Morgan fingerprint density at radius 3 is 2.61 bits per heavy atom. The van der Waals surface area contributed by atoms with Gasteiger partial charge in [0.2, 0.25) is 0 Å². The van der Waals surface area contributed by atoms with E-state index >= 15 is 0 Å². The third kappa shape index (κ3) is 4.28. The number of ether oxygens (including phenoxy) is 2. The summed E-state index contributed by atoms with van der Waals surface area (Å²) in [6, 6.07) is 3.93. The molecule has 2 aliphatic heterocycles. The van der Waals surface area contributed by atoms with Gasteiger partial charge in [-0.15, -0.1) is 11.3 Å². The standard InChI is InChI=1S/C24H34N4O4S/c1-7-8-14-9-10-15-16(25)17(33-19(15)27-14)18(29)28-24-11-23(12-24,32-22(24,5)6)13-26-20(30)31-21(2,3)4/h9-10H,7-8,11-13,25H2,1-6H3,(H,26,30)(H,28,29). The van der Waals surface area contributed by atoms with Gasteiger partial charge in [-0.1, -0.05) is 13.3 Å². The summed E-state index contributed by atoms with van der Waals surface area (Å²) in [4.78, 5) is 31.3. The second-order valence-electron chi connectivity index (χ2n) is 10.8. The minimum Gasteiger partial charge on any atom is -0.444 e. The van der Waals surface area contributed by atoms with E-state index in [4.69, 9.17) is 15.2 Å². The van der Waals surface area contributed by atoms with Crippen molar-refractivity contribution in [2.45, 2.75) is 89.6 Å². The van der Waals surface area contributed by atoms with Crippen molar-refractivity contribution < 1.29 is 19.1 Å². The number of alkyl carbamates (subject to hydrolysis) is 1. The van der Waals surface area contributed by atoms with Crippen LogP contribution in [-0.2, 0) is 15.9 Å². The Morgan fingerprint density at radius 2 is 1.97 bits per heavy atom. The van der Waals surface area contributed by atoms with Crippen LogP contribution in [0.5, 0.6) is 0 Å². The Labute approximate surface area is 198 Å². The number of thiophene rings is 1. The van der Waals surface area contributed by atoms with Crippen molar-refractivity contribution in [3.8, 4) is 0 Å². The fraction of sp³-hybridized carbons (Fsp3) is 0.625. The zero-order chi connectivity index (χ0) is 24.2. The van der Waals surface area contributed by atoms with Crippen molar-refractivity contribution in [2.24, 2.45) is 0 Å². The SMILES string of the molecule is CCCc1ccc2c(N)c(C(=O)NC34CC(CNC(=O)OC(C)(C)C)(C3)OC4(C)C)sc2n1. The number of hydrogen-bond donors (Lipinski definition) is 3. The summed E-state index contributed by atoms with van der Waals surface area (Å²) < 4.78 is 11.7. The fourth-order valence-corrected chi connectivity index (χ4v) is 6.01. The lowest BCUT2D eigenvalue weighted by atomic mass is 9.62. The predicted octanol–water partition coefficient (Wildman–Crippen LogP) is 4.17. The molecule has 2 aromatic rings. The number of pyridine rings is 1. The van der Waals surface area contributed by atoms with Crippen LogP contribution in [0.4, 0.5) is 10.5 Å². The zero-order valence-electron chi connectivity index (χ0n) is 20.3. The third-order valence-corrected chi connectivity index (χ3v) is 7.66. The van der Waals surface area contributed by atoms with E-state index in [-0.39, 0.29) is 5.91 Å². The molecule has 0 radical (unpaired) electrons. The molecular weight excluding hydrogens is 440 g/mol. The number of nitrogens with one attached hydrogen (secondary N) is 2. The lowest BCUT2D eigenvalue weighted by molar-refractivity contribution is -0.0547. The summed E-state index contributed by atoms with van der Waals surface area (Å²) in [5.74, 6) is -0.209. The molecule has 1 aliphatic carbocycles. The number of nitrogens with two attached hydrogens (primary N) is 1.